The summed E-state index contributed by atoms with van der Waals surface area (Å²) in [4.78, 5) is 12.4. The molecule has 0 aromatic heterocycles. The number of hydrogen-bond acceptors (Lipinski definition) is 5. The van der Waals surface area contributed by atoms with Gasteiger partial charge in [0.2, 0.25) is 0 Å². The van der Waals surface area contributed by atoms with E-state index in [9.17, 15) is 4.79 Å². The lowest BCUT2D eigenvalue weighted by Crippen LogP contribution is -2.47. The van der Waals surface area contributed by atoms with Crippen LogP contribution in [0.15, 0.2) is 41.3 Å². The maximum Gasteiger partial charge on any atom is 0.338 e. The third-order valence-corrected chi connectivity index (χ3v) is 3.77. The summed E-state index contributed by atoms with van der Waals surface area (Å²) in [5.74, 6) is 1.55. The fraction of sp³-hybridized carbons (Fsp3) is 0.154. The fourth-order valence-corrected chi connectivity index (χ4v) is 2.49. The van der Waals surface area contributed by atoms with Crippen molar-refractivity contribution in [1.29, 1.82) is 0 Å². The van der Waals surface area contributed by atoms with Crippen molar-refractivity contribution in [2.45, 2.75) is 4.90 Å². The highest BCUT2D eigenvalue weighted by atomic mass is 32.2. The highest BCUT2D eigenvalue weighted by molar-refractivity contribution is 7.98. The van der Waals surface area contributed by atoms with Gasteiger partial charge in [-0.15, -0.1) is 11.8 Å². The van der Waals surface area contributed by atoms with E-state index in [2.05, 4.69) is 16.1 Å². The number of carbonyl (C=O) groups is 1. The molecule has 1 aromatic carbocycles. The Bertz CT molecular complexity index is 627. The second-order valence-electron chi connectivity index (χ2n) is 4.22. The Morgan fingerprint density at radius 3 is 2.95 bits per heavy atom. The van der Waals surface area contributed by atoms with Crippen LogP contribution in [0.1, 0.15) is 5.56 Å². The summed E-state index contributed by atoms with van der Waals surface area (Å²) in [6, 6.07) is 5.76. The Balaban J connectivity index is 1.95. The van der Waals surface area contributed by atoms with E-state index in [1.54, 1.807) is 30.1 Å². The lowest BCUT2D eigenvalue weighted by atomic mass is 10.1. The molecule has 104 valence electrons. The lowest BCUT2D eigenvalue weighted by Gasteiger charge is -2.22. The van der Waals surface area contributed by atoms with Gasteiger partial charge >= 0.3 is 6.03 Å². The number of rotatable bonds is 3. The number of nitrogens with one attached hydrogen (secondary N) is 3. The van der Waals surface area contributed by atoms with Gasteiger partial charge in [-0.05, 0) is 24.5 Å². The molecule has 2 aliphatic heterocycles. The van der Waals surface area contributed by atoms with Gasteiger partial charge in [-0.1, -0.05) is 0 Å². The molecule has 0 aliphatic carbocycles. The zero-order valence-corrected chi connectivity index (χ0v) is 11.9. The van der Waals surface area contributed by atoms with Gasteiger partial charge < -0.3 is 15.4 Å². The number of urea groups is 1. The Morgan fingerprint density at radius 1 is 1.35 bits per heavy atom. The molecule has 3 rings (SSSR count). The largest absolute Gasteiger partial charge is 0.496 e. The molecule has 0 radical (unpaired) electrons. The molecular formula is C13H14N4O2S. The van der Waals surface area contributed by atoms with Crippen LogP contribution in [0.4, 0.5) is 4.79 Å². The van der Waals surface area contributed by atoms with Crippen molar-refractivity contribution in [3.63, 3.8) is 0 Å². The molecule has 0 saturated heterocycles. The molecule has 6 nitrogen and oxygen atoms in total. The van der Waals surface area contributed by atoms with Gasteiger partial charge in [0.05, 0.1) is 19.0 Å². The summed E-state index contributed by atoms with van der Waals surface area (Å²) in [6.07, 6.45) is 5.46. The molecule has 2 amide bonds. The molecule has 0 fully saturated rings. The quantitative estimate of drug-likeness (QED) is 0.739. The maximum atomic E-state index is 11.3. The minimum atomic E-state index is -0.266. The van der Waals surface area contributed by atoms with Crippen LogP contribution in [0, 0.1) is 0 Å². The van der Waals surface area contributed by atoms with Crippen LogP contribution in [0.2, 0.25) is 0 Å². The van der Waals surface area contributed by atoms with Crippen molar-refractivity contribution in [3.8, 4) is 5.75 Å². The highest BCUT2D eigenvalue weighted by Crippen LogP contribution is 2.32. The number of amides is 2. The molecule has 20 heavy (non-hydrogen) atoms. The summed E-state index contributed by atoms with van der Waals surface area (Å²) < 4.78 is 5.44. The van der Waals surface area contributed by atoms with Gasteiger partial charge in [0.1, 0.15) is 11.6 Å². The average Bonchev–Trinajstić information content (AvgIpc) is 2.89. The van der Waals surface area contributed by atoms with Gasteiger partial charge in [0.15, 0.2) is 0 Å². The number of carbonyl (C=O) groups excluding carboxylic acids is 1. The van der Waals surface area contributed by atoms with E-state index in [-0.39, 0.29) is 6.03 Å². The van der Waals surface area contributed by atoms with Crippen LogP contribution < -0.4 is 20.8 Å². The third-order valence-electron chi connectivity index (χ3n) is 3.04. The van der Waals surface area contributed by atoms with Gasteiger partial charge in [0, 0.05) is 16.7 Å². The molecule has 0 saturated carbocycles. The normalized spacial score (nSPS) is 16.5. The maximum absolute atomic E-state index is 11.3. The molecule has 1 aromatic rings. The predicted molar refractivity (Wildman–Crippen MR) is 77.5 cm³/mol. The summed E-state index contributed by atoms with van der Waals surface area (Å²) in [5, 5.41) is 7.45. The summed E-state index contributed by atoms with van der Waals surface area (Å²) in [5.41, 5.74) is 4.47. The molecule has 0 atom stereocenters. The van der Waals surface area contributed by atoms with E-state index in [0.717, 1.165) is 27.7 Å². The second kappa shape index (κ2) is 5.01. The van der Waals surface area contributed by atoms with Crippen LogP contribution in [0.5, 0.6) is 5.75 Å². The topological polar surface area (TPSA) is 65.6 Å². The number of benzene rings is 1. The van der Waals surface area contributed by atoms with Crippen LogP contribution >= 0.6 is 11.8 Å². The van der Waals surface area contributed by atoms with E-state index >= 15 is 0 Å². The SMILES string of the molecule is COc1cc(SC)ccc1C1=CN2NC(=O)NC=C2N1. The molecule has 3 N–H and O–H groups in total. The molecule has 2 heterocycles. The third kappa shape index (κ3) is 2.16. The van der Waals surface area contributed by atoms with Crippen LogP contribution in [-0.2, 0) is 0 Å². The van der Waals surface area contributed by atoms with Gasteiger partial charge in [0.25, 0.3) is 0 Å². The number of hydrazine groups is 1. The Morgan fingerprint density at radius 2 is 2.20 bits per heavy atom. The molecule has 0 unspecified atom stereocenters. The molecule has 2 aliphatic rings. The van der Waals surface area contributed by atoms with E-state index in [1.165, 1.54) is 0 Å². The Hall–Kier alpha value is -2.28. The number of ether oxygens (including phenoxy) is 1. The zero-order valence-electron chi connectivity index (χ0n) is 11.1. The van der Waals surface area contributed by atoms with Crippen molar-refractivity contribution in [3.05, 3.63) is 42.0 Å². The first-order valence-corrected chi connectivity index (χ1v) is 7.21. The minimum Gasteiger partial charge on any atom is -0.496 e. The van der Waals surface area contributed by atoms with Crippen LogP contribution in [0.3, 0.4) is 0 Å². The minimum absolute atomic E-state index is 0.266. The van der Waals surface area contributed by atoms with Crippen molar-refractivity contribution < 1.29 is 9.53 Å². The average molecular weight is 290 g/mol. The van der Waals surface area contributed by atoms with E-state index < -0.39 is 0 Å². The second-order valence-corrected chi connectivity index (χ2v) is 5.10. The number of hydrogen-bond donors (Lipinski definition) is 3. The summed E-state index contributed by atoms with van der Waals surface area (Å²) in [6.45, 7) is 0. The van der Waals surface area contributed by atoms with E-state index in [0.29, 0.717) is 0 Å². The first-order valence-electron chi connectivity index (χ1n) is 5.99. The van der Waals surface area contributed by atoms with Crippen molar-refractivity contribution in [2.75, 3.05) is 13.4 Å². The number of nitrogens with zero attached hydrogens (tertiary/aromatic N) is 1. The van der Waals surface area contributed by atoms with Crippen LogP contribution in [0.25, 0.3) is 5.70 Å². The smallest absolute Gasteiger partial charge is 0.338 e. The number of thioether (sulfide) groups is 1. The molecule has 0 spiro atoms. The Labute approximate surface area is 120 Å². The van der Waals surface area contributed by atoms with Gasteiger partial charge in [-0.2, -0.15) is 0 Å². The van der Waals surface area contributed by atoms with Crippen molar-refractivity contribution >= 4 is 23.5 Å². The van der Waals surface area contributed by atoms with E-state index in [1.807, 2.05) is 30.7 Å². The van der Waals surface area contributed by atoms with Crippen molar-refractivity contribution in [1.82, 2.24) is 21.1 Å². The first-order chi connectivity index (χ1) is 9.71. The fourth-order valence-electron chi connectivity index (χ4n) is 2.06. The van der Waals surface area contributed by atoms with Gasteiger partial charge in [-0.3, -0.25) is 0 Å². The first kappa shape index (κ1) is 12.7. The molecular weight excluding hydrogens is 276 g/mol. The van der Waals surface area contributed by atoms with E-state index in [4.69, 9.17) is 4.74 Å². The zero-order chi connectivity index (χ0) is 14.1. The lowest BCUT2D eigenvalue weighted by molar-refractivity contribution is 0.218. The van der Waals surface area contributed by atoms with Gasteiger partial charge in [-0.25, -0.2) is 15.2 Å². The van der Waals surface area contributed by atoms with Crippen molar-refractivity contribution in [2.24, 2.45) is 0 Å². The Kier molecular flexibility index (Phi) is 3.19. The molecule has 0 bridgehead atoms. The monoisotopic (exact) mass is 290 g/mol. The molecule has 7 heteroatoms. The number of methoxy groups -OCH3 is 1. The predicted octanol–water partition coefficient (Wildman–Crippen LogP) is 1.65. The standard InChI is InChI=1S/C13H14N4O2S/c1-19-11-5-8(20-2)3-4-9(11)10-7-17-12(15-10)6-14-13(18)16-17/h3-7,15H,1-2H3,(H2,14,16,18). The number of fused-ring (bicyclic) bond motifs is 1. The summed E-state index contributed by atoms with van der Waals surface area (Å²) >= 11 is 1.66. The van der Waals surface area contributed by atoms with Crippen LogP contribution in [-0.4, -0.2) is 24.4 Å². The highest BCUT2D eigenvalue weighted by Gasteiger charge is 2.25. The summed E-state index contributed by atoms with van der Waals surface area (Å²) in [7, 11) is 1.65.